The SMILES string of the molecule is Cc1cc(-c2ccccn2)[n-]n1.[Ir].[c-]1ccc2ccccc2c1-c1nccs1. The molecule has 1 radical (unpaired) electrons. The fourth-order valence-electron chi connectivity index (χ4n) is 2.71. The Kier molecular flexibility index (Phi) is 6.82. The first-order valence-electron chi connectivity index (χ1n) is 8.49. The van der Waals surface area contributed by atoms with Gasteiger partial charge < -0.3 is 10.2 Å². The Morgan fingerprint density at radius 1 is 0.964 bits per heavy atom. The van der Waals surface area contributed by atoms with Gasteiger partial charge in [-0.25, -0.2) is 0 Å². The van der Waals surface area contributed by atoms with Crippen LogP contribution in [0.4, 0.5) is 0 Å². The topological polar surface area (TPSA) is 52.8 Å². The maximum Gasteiger partial charge on any atom is 0.0494 e. The number of fused-ring (bicyclic) bond motifs is 1. The summed E-state index contributed by atoms with van der Waals surface area (Å²) < 4.78 is 0. The van der Waals surface area contributed by atoms with Crippen molar-refractivity contribution < 1.29 is 20.1 Å². The Bertz CT molecular complexity index is 1130. The maximum absolute atomic E-state index is 4.32. The van der Waals surface area contributed by atoms with Crippen molar-refractivity contribution >= 4 is 22.1 Å². The van der Waals surface area contributed by atoms with E-state index in [1.165, 1.54) is 10.8 Å². The molecule has 0 unspecified atom stereocenters. The van der Waals surface area contributed by atoms with Crippen LogP contribution >= 0.6 is 11.3 Å². The normalized spacial score (nSPS) is 10.0. The fraction of sp³-hybridized carbons (Fsp3) is 0.0455. The smallest absolute Gasteiger partial charge is 0.0494 e. The minimum absolute atomic E-state index is 0. The molecule has 0 bridgehead atoms. The van der Waals surface area contributed by atoms with Crippen molar-refractivity contribution in [3.8, 4) is 22.0 Å². The summed E-state index contributed by atoms with van der Waals surface area (Å²) in [5, 5.41) is 13.4. The summed E-state index contributed by atoms with van der Waals surface area (Å²) in [7, 11) is 0. The first-order chi connectivity index (χ1) is 13.3. The van der Waals surface area contributed by atoms with Gasteiger partial charge in [0.15, 0.2) is 0 Å². The number of nitrogens with zero attached hydrogens (tertiary/aromatic N) is 4. The van der Waals surface area contributed by atoms with Crippen LogP contribution in [0.3, 0.4) is 0 Å². The van der Waals surface area contributed by atoms with Crippen LogP contribution in [0.25, 0.3) is 32.7 Å². The van der Waals surface area contributed by atoms with E-state index < -0.39 is 0 Å². The minimum Gasteiger partial charge on any atom is -0.574 e. The minimum atomic E-state index is 0. The summed E-state index contributed by atoms with van der Waals surface area (Å²) in [6, 6.07) is 23.3. The molecule has 5 aromatic rings. The van der Waals surface area contributed by atoms with Gasteiger partial charge in [0.1, 0.15) is 0 Å². The van der Waals surface area contributed by atoms with Crippen molar-refractivity contribution in [2.45, 2.75) is 6.92 Å². The molecule has 0 aliphatic carbocycles. The summed E-state index contributed by atoms with van der Waals surface area (Å²) in [6.45, 7) is 1.92. The first kappa shape index (κ1) is 20.1. The van der Waals surface area contributed by atoms with Gasteiger partial charge in [-0.2, -0.15) is 11.3 Å². The zero-order valence-corrected chi connectivity index (χ0v) is 18.2. The van der Waals surface area contributed by atoms with E-state index in [-0.39, 0.29) is 20.1 Å². The maximum atomic E-state index is 4.32. The summed E-state index contributed by atoms with van der Waals surface area (Å²) in [5.41, 5.74) is 3.74. The number of rotatable bonds is 2. The second kappa shape index (κ2) is 9.51. The molecule has 0 saturated heterocycles. The van der Waals surface area contributed by atoms with Gasteiger partial charge in [0, 0.05) is 54.3 Å². The predicted octanol–water partition coefficient (Wildman–Crippen LogP) is 5.17. The van der Waals surface area contributed by atoms with E-state index in [1.54, 1.807) is 17.5 Å². The third kappa shape index (κ3) is 4.60. The number of benzene rings is 2. The summed E-state index contributed by atoms with van der Waals surface area (Å²) in [5.74, 6) is 0. The Morgan fingerprint density at radius 3 is 2.54 bits per heavy atom. The molecule has 28 heavy (non-hydrogen) atoms. The molecule has 0 spiro atoms. The summed E-state index contributed by atoms with van der Waals surface area (Å²) >= 11 is 1.65. The van der Waals surface area contributed by atoms with Crippen molar-refractivity contribution in [2.75, 3.05) is 0 Å². The van der Waals surface area contributed by atoms with Gasteiger partial charge >= 0.3 is 0 Å². The molecule has 5 rings (SSSR count). The quantitative estimate of drug-likeness (QED) is 0.280. The van der Waals surface area contributed by atoms with Crippen LogP contribution in [-0.2, 0) is 20.1 Å². The molecule has 0 N–H and O–H groups in total. The van der Waals surface area contributed by atoms with E-state index in [4.69, 9.17) is 0 Å². The average molecular weight is 561 g/mol. The molecular weight excluding hydrogens is 545 g/mol. The third-order valence-electron chi connectivity index (χ3n) is 3.96. The van der Waals surface area contributed by atoms with E-state index in [2.05, 4.69) is 44.4 Å². The zero-order valence-electron chi connectivity index (χ0n) is 15.0. The fourth-order valence-corrected chi connectivity index (χ4v) is 3.37. The van der Waals surface area contributed by atoms with Gasteiger partial charge in [0.25, 0.3) is 0 Å². The first-order valence-corrected chi connectivity index (χ1v) is 9.37. The number of pyridine rings is 1. The molecule has 2 aromatic carbocycles. The summed E-state index contributed by atoms with van der Waals surface area (Å²) in [6.07, 6.45) is 3.58. The van der Waals surface area contributed by atoms with E-state index in [1.807, 2.05) is 61.0 Å². The molecule has 0 aliphatic rings. The molecular formula is C22H16IrN4S-2. The number of hydrogen-bond acceptors (Lipinski definition) is 4. The second-order valence-corrected chi connectivity index (χ2v) is 6.76. The largest absolute Gasteiger partial charge is 0.574 e. The average Bonchev–Trinajstić information content (AvgIpc) is 3.41. The molecule has 3 aromatic heterocycles. The molecule has 0 amide bonds. The van der Waals surface area contributed by atoms with E-state index in [0.717, 1.165) is 27.7 Å². The Labute approximate surface area is 181 Å². The van der Waals surface area contributed by atoms with Crippen LogP contribution in [0.1, 0.15) is 5.69 Å². The van der Waals surface area contributed by atoms with Crippen LogP contribution in [-0.4, -0.2) is 15.1 Å². The van der Waals surface area contributed by atoms with Crippen LogP contribution in [0.5, 0.6) is 0 Å². The Morgan fingerprint density at radius 2 is 1.82 bits per heavy atom. The number of aryl methyl sites for hydroxylation is 1. The van der Waals surface area contributed by atoms with Crippen LogP contribution in [0, 0.1) is 13.0 Å². The molecule has 0 fully saturated rings. The second-order valence-electron chi connectivity index (χ2n) is 5.86. The van der Waals surface area contributed by atoms with Gasteiger partial charge in [-0.3, -0.25) is 9.97 Å². The van der Waals surface area contributed by atoms with Crippen molar-refractivity contribution in [1.29, 1.82) is 0 Å². The van der Waals surface area contributed by atoms with Gasteiger partial charge in [-0.05, 0) is 19.1 Å². The molecule has 6 heteroatoms. The summed E-state index contributed by atoms with van der Waals surface area (Å²) in [4.78, 5) is 8.48. The van der Waals surface area contributed by atoms with E-state index in [9.17, 15) is 0 Å². The van der Waals surface area contributed by atoms with Crippen molar-refractivity contribution in [3.05, 3.63) is 90.2 Å². The number of thiazole rings is 1. The Hall–Kier alpha value is -2.66. The van der Waals surface area contributed by atoms with Crippen molar-refractivity contribution in [2.24, 2.45) is 0 Å². The number of aromatic nitrogens is 4. The van der Waals surface area contributed by atoms with Crippen LogP contribution < -0.4 is 5.10 Å². The Balaban J connectivity index is 0.000000159. The standard InChI is InChI=1S/C13H8NS.C9H8N3.Ir/c1-2-6-11-10(4-1)5-3-7-12(11)13-14-8-9-15-13;1-7-6-9(12-11-7)8-4-2-3-5-10-8;/h1-6,8-9H;2-6H,1H3;/q2*-1;. The molecule has 3 heterocycles. The van der Waals surface area contributed by atoms with Crippen LogP contribution in [0.2, 0.25) is 0 Å². The predicted molar refractivity (Wildman–Crippen MR) is 109 cm³/mol. The van der Waals surface area contributed by atoms with Gasteiger partial charge in [-0.1, -0.05) is 47.5 Å². The molecule has 0 saturated carbocycles. The molecule has 0 aliphatic heterocycles. The van der Waals surface area contributed by atoms with Gasteiger partial charge in [-0.15, -0.1) is 29.1 Å². The monoisotopic (exact) mass is 561 g/mol. The molecule has 0 atom stereocenters. The van der Waals surface area contributed by atoms with Crippen molar-refractivity contribution in [3.63, 3.8) is 0 Å². The van der Waals surface area contributed by atoms with Gasteiger partial charge in [0.2, 0.25) is 0 Å². The van der Waals surface area contributed by atoms with Crippen LogP contribution in [0.15, 0.2) is 78.4 Å². The molecule has 4 nitrogen and oxygen atoms in total. The van der Waals surface area contributed by atoms with Crippen molar-refractivity contribution in [1.82, 2.24) is 20.2 Å². The third-order valence-corrected chi connectivity index (χ3v) is 4.75. The van der Waals surface area contributed by atoms with E-state index >= 15 is 0 Å². The molecule has 141 valence electrons. The number of hydrogen-bond donors (Lipinski definition) is 0. The van der Waals surface area contributed by atoms with E-state index in [0.29, 0.717) is 0 Å². The van der Waals surface area contributed by atoms with Gasteiger partial charge in [0.05, 0.1) is 0 Å². The zero-order chi connectivity index (χ0) is 18.5.